The van der Waals surface area contributed by atoms with Crippen LogP contribution in [0.4, 0.5) is 0 Å². The Balaban J connectivity index is 1.41. The summed E-state index contributed by atoms with van der Waals surface area (Å²) in [6, 6.07) is 13.3. The quantitative estimate of drug-likeness (QED) is 0.499. The Kier molecular flexibility index (Phi) is 5.17. The maximum atomic E-state index is 12.1. The number of benzene rings is 1. The molecular weight excluding hydrogens is 400 g/mol. The Morgan fingerprint density at radius 2 is 1.96 bits per heavy atom. The van der Waals surface area contributed by atoms with Crippen LogP contribution >= 0.6 is 22.7 Å². The SMILES string of the molecule is O=S(=O)(/C=C/c1ccccc1)NCCc1csc2nc(-c3cccs3)nn12. The van der Waals surface area contributed by atoms with Gasteiger partial charge in [0.05, 0.1) is 10.6 Å². The van der Waals surface area contributed by atoms with Gasteiger partial charge in [-0.3, -0.25) is 0 Å². The van der Waals surface area contributed by atoms with Gasteiger partial charge in [0.25, 0.3) is 0 Å². The van der Waals surface area contributed by atoms with Gasteiger partial charge in [0.15, 0.2) is 5.82 Å². The van der Waals surface area contributed by atoms with Gasteiger partial charge >= 0.3 is 0 Å². The van der Waals surface area contributed by atoms with E-state index in [1.54, 1.807) is 21.9 Å². The molecule has 27 heavy (non-hydrogen) atoms. The van der Waals surface area contributed by atoms with Crippen molar-refractivity contribution in [1.82, 2.24) is 19.3 Å². The van der Waals surface area contributed by atoms with E-state index in [0.717, 1.165) is 21.1 Å². The van der Waals surface area contributed by atoms with Gasteiger partial charge in [0.2, 0.25) is 15.0 Å². The van der Waals surface area contributed by atoms with Gasteiger partial charge in [0, 0.05) is 23.8 Å². The van der Waals surface area contributed by atoms with Gasteiger partial charge in [-0.05, 0) is 23.1 Å². The Hall–Kier alpha value is -2.33. The van der Waals surface area contributed by atoms with Gasteiger partial charge in [-0.15, -0.1) is 27.8 Å². The fraction of sp³-hybridized carbons (Fsp3) is 0.111. The van der Waals surface area contributed by atoms with Gasteiger partial charge in [-0.2, -0.15) is 4.98 Å². The Labute approximate surface area is 164 Å². The first-order valence-corrected chi connectivity index (χ1v) is 11.5. The van der Waals surface area contributed by atoms with Crippen molar-refractivity contribution in [3.63, 3.8) is 0 Å². The fourth-order valence-corrected chi connectivity index (χ4v) is 4.84. The van der Waals surface area contributed by atoms with Gasteiger partial charge in [0.1, 0.15) is 0 Å². The zero-order valence-corrected chi connectivity index (χ0v) is 16.6. The van der Waals surface area contributed by atoms with Crippen LogP contribution in [0.1, 0.15) is 11.3 Å². The second-order valence-electron chi connectivity index (χ2n) is 5.74. The minimum Gasteiger partial charge on any atom is -0.211 e. The molecule has 0 aliphatic carbocycles. The highest BCUT2D eigenvalue weighted by Gasteiger charge is 2.12. The van der Waals surface area contributed by atoms with Crippen LogP contribution < -0.4 is 4.72 Å². The molecule has 0 radical (unpaired) electrons. The third-order valence-corrected chi connectivity index (χ3v) is 6.65. The summed E-state index contributed by atoms with van der Waals surface area (Å²) >= 11 is 3.09. The lowest BCUT2D eigenvalue weighted by molar-refractivity contribution is 0.590. The second kappa shape index (κ2) is 7.73. The molecule has 138 valence electrons. The number of sulfonamides is 1. The van der Waals surface area contributed by atoms with Crippen LogP contribution in [-0.2, 0) is 16.4 Å². The van der Waals surface area contributed by atoms with Crippen LogP contribution in [0.3, 0.4) is 0 Å². The zero-order chi connectivity index (χ0) is 18.7. The van der Waals surface area contributed by atoms with E-state index in [4.69, 9.17) is 0 Å². The Morgan fingerprint density at radius 3 is 2.74 bits per heavy atom. The molecule has 0 atom stereocenters. The maximum absolute atomic E-state index is 12.1. The molecule has 0 bridgehead atoms. The van der Waals surface area contributed by atoms with Crippen LogP contribution in [0.2, 0.25) is 0 Å². The number of fused-ring (bicyclic) bond motifs is 1. The van der Waals surface area contributed by atoms with Crippen LogP contribution in [0.15, 0.2) is 58.6 Å². The number of hydrogen-bond donors (Lipinski definition) is 1. The maximum Gasteiger partial charge on any atom is 0.233 e. The van der Waals surface area contributed by atoms with Crippen molar-refractivity contribution in [2.24, 2.45) is 0 Å². The van der Waals surface area contributed by atoms with E-state index in [-0.39, 0.29) is 0 Å². The number of nitrogens with one attached hydrogen (secondary N) is 1. The van der Waals surface area contributed by atoms with E-state index < -0.39 is 10.0 Å². The third-order valence-electron chi connectivity index (χ3n) is 3.82. The number of thiophene rings is 1. The molecular formula is C18H16N4O2S3. The van der Waals surface area contributed by atoms with Gasteiger partial charge in [-0.1, -0.05) is 36.4 Å². The summed E-state index contributed by atoms with van der Waals surface area (Å²) in [5, 5.41) is 9.68. The highest BCUT2D eigenvalue weighted by molar-refractivity contribution is 7.92. The summed E-state index contributed by atoms with van der Waals surface area (Å²) in [6.45, 7) is 0.293. The van der Waals surface area contributed by atoms with Crippen molar-refractivity contribution >= 4 is 43.7 Å². The van der Waals surface area contributed by atoms with E-state index in [9.17, 15) is 8.42 Å². The van der Waals surface area contributed by atoms with E-state index in [2.05, 4.69) is 14.8 Å². The Morgan fingerprint density at radius 1 is 1.11 bits per heavy atom. The van der Waals surface area contributed by atoms with Crippen molar-refractivity contribution in [3.8, 4) is 10.7 Å². The molecule has 0 aliphatic heterocycles. The van der Waals surface area contributed by atoms with Crippen LogP contribution in [-0.4, -0.2) is 29.6 Å². The summed E-state index contributed by atoms with van der Waals surface area (Å²) in [6.07, 6.45) is 2.11. The van der Waals surface area contributed by atoms with Gasteiger partial charge in [-0.25, -0.2) is 17.7 Å². The third kappa shape index (κ3) is 4.33. The topological polar surface area (TPSA) is 76.4 Å². The lowest BCUT2D eigenvalue weighted by Gasteiger charge is -2.02. The van der Waals surface area contributed by atoms with Crippen molar-refractivity contribution in [3.05, 3.63) is 69.9 Å². The minimum atomic E-state index is -3.49. The smallest absolute Gasteiger partial charge is 0.211 e. The van der Waals surface area contributed by atoms with Crippen molar-refractivity contribution in [1.29, 1.82) is 0 Å². The van der Waals surface area contributed by atoms with Crippen molar-refractivity contribution in [2.45, 2.75) is 6.42 Å². The highest BCUT2D eigenvalue weighted by atomic mass is 32.2. The number of aromatic nitrogens is 3. The minimum absolute atomic E-state index is 0.293. The molecule has 0 saturated heterocycles. The van der Waals surface area contributed by atoms with Crippen LogP contribution in [0.25, 0.3) is 21.7 Å². The molecule has 0 saturated carbocycles. The molecule has 6 nitrogen and oxygen atoms in total. The standard InChI is InChI=1S/C18H16N4O2S3/c23-27(24,12-9-14-5-2-1-3-6-14)19-10-8-15-13-26-18-20-17(21-22(15)18)16-7-4-11-25-16/h1-7,9,11-13,19H,8,10H2/b12-9+. The lowest BCUT2D eigenvalue weighted by atomic mass is 10.2. The summed E-state index contributed by atoms with van der Waals surface area (Å²) < 4.78 is 28.6. The summed E-state index contributed by atoms with van der Waals surface area (Å²) in [4.78, 5) is 6.35. The molecule has 9 heteroatoms. The lowest BCUT2D eigenvalue weighted by Crippen LogP contribution is -2.24. The van der Waals surface area contributed by atoms with Crippen LogP contribution in [0, 0.1) is 0 Å². The number of nitrogens with zero attached hydrogens (tertiary/aromatic N) is 3. The fourth-order valence-electron chi connectivity index (χ4n) is 2.51. The first-order valence-electron chi connectivity index (χ1n) is 8.20. The number of thiazole rings is 1. The normalized spacial score (nSPS) is 12.3. The monoisotopic (exact) mass is 416 g/mol. The molecule has 1 aromatic carbocycles. The highest BCUT2D eigenvalue weighted by Crippen LogP contribution is 2.24. The predicted molar refractivity (Wildman–Crippen MR) is 110 cm³/mol. The molecule has 3 aromatic heterocycles. The molecule has 4 aromatic rings. The molecule has 0 spiro atoms. The van der Waals surface area contributed by atoms with Gasteiger partial charge < -0.3 is 0 Å². The molecule has 3 heterocycles. The molecule has 0 unspecified atom stereocenters. The number of rotatable bonds is 7. The zero-order valence-electron chi connectivity index (χ0n) is 14.1. The van der Waals surface area contributed by atoms with Crippen LogP contribution in [0.5, 0.6) is 0 Å². The molecule has 0 amide bonds. The van der Waals surface area contributed by atoms with E-state index in [1.807, 2.05) is 53.2 Å². The number of hydrogen-bond acceptors (Lipinski definition) is 6. The average Bonchev–Trinajstić information content (AvgIpc) is 3.38. The van der Waals surface area contributed by atoms with E-state index in [1.165, 1.54) is 16.7 Å². The Bertz CT molecular complexity index is 1160. The van der Waals surface area contributed by atoms with E-state index >= 15 is 0 Å². The predicted octanol–water partition coefficient (Wildman–Crippen LogP) is 3.65. The summed E-state index contributed by atoms with van der Waals surface area (Å²) in [7, 11) is -3.49. The summed E-state index contributed by atoms with van der Waals surface area (Å²) in [5.74, 6) is 0.699. The largest absolute Gasteiger partial charge is 0.233 e. The molecule has 0 fully saturated rings. The average molecular weight is 417 g/mol. The first kappa shape index (κ1) is 18.1. The first-order chi connectivity index (χ1) is 13.1. The molecule has 4 rings (SSSR count). The second-order valence-corrected chi connectivity index (χ2v) is 9.17. The van der Waals surface area contributed by atoms with Crippen molar-refractivity contribution < 1.29 is 8.42 Å². The van der Waals surface area contributed by atoms with Crippen molar-refractivity contribution in [2.75, 3.05) is 6.54 Å². The molecule has 1 N–H and O–H groups in total. The molecule has 0 aliphatic rings. The van der Waals surface area contributed by atoms with E-state index in [0.29, 0.717) is 18.8 Å². The summed E-state index contributed by atoms with van der Waals surface area (Å²) in [5.41, 5.74) is 1.77.